The maximum Gasteiger partial charge on any atom is 0.234 e. The Hall–Kier alpha value is -2.05. The van der Waals surface area contributed by atoms with E-state index in [-0.39, 0.29) is 11.7 Å². The summed E-state index contributed by atoms with van der Waals surface area (Å²) < 4.78 is 0. The predicted octanol–water partition coefficient (Wildman–Crippen LogP) is 0.723. The fourth-order valence-electron chi connectivity index (χ4n) is 2.58. The van der Waals surface area contributed by atoms with Crippen LogP contribution in [0.1, 0.15) is 37.7 Å². The van der Waals surface area contributed by atoms with Crippen LogP contribution >= 0.6 is 0 Å². The van der Waals surface area contributed by atoms with E-state index < -0.39 is 5.41 Å². The number of oxime groups is 1. The lowest BCUT2D eigenvalue weighted by atomic mass is 9.72. The van der Waals surface area contributed by atoms with Gasteiger partial charge in [-0.15, -0.1) is 0 Å². The van der Waals surface area contributed by atoms with Crippen molar-refractivity contribution in [1.29, 1.82) is 0 Å². The van der Waals surface area contributed by atoms with Crippen LogP contribution in [0.15, 0.2) is 17.5 Å². The zero-order valence-electron chi connectivity index (χ0n) is 10.7. The van der Waals surface area contributed by atoms with E-state index in [9.17, 15) is 4.79 Å². The molecule has 2 rings (SSSR count). The van der Waals surface area contributed by atoms with Gasteiger partial charge >= 0.3 is 0 Å². The quantitative estimate of drug-likeness (QED) is 0.278. The fourth-order valence-corrected chi connectivity index (χ4v) is 2.58. The number of nitrogens with zero attached hydrogens (tertiary/aromatic N) is 2. The van der Waals surface area contributed by atoms with Crippen molar-refractivity contribution in [1.82, 2.24) is 15.5 Å². The molecule has 0 unspecified atom stereocenters. The summed E-state index contributed by atoms with van der Waals surface area (Å²) in [7, 11) is 0. The van der Waals surface area contributed by atoms with Gasteiger partial charge in [-0.25, -0.2) is 0 Å². The molecule has 0 radical (unpaired) electrons. The molecule has 104 valence electrons. The van der Waals surface area contributed by atoms with Gasteiger partial charge in [0.05, 0.1) is 6.20 Å². The van der Waals surface area contributed by atoms with Crippen LogP contribution < -0.4 is 11.1 Å². The van der Waals surface area contributed by atoms with E-state index in [1.165, 1.54) is 0 Å². The van der Waals surface area contributed by atoms with Gasteiger partial charge in [-0.3, -0.25) is 9.89 Å². The van der Waals surface area contributed by atoms with E-state index in [1.54, 1.807) is 12.4 Å². The zero-order chi connectivity index (χ0) is 13.7. The van der Waals surface area contributed by atoms with Gasteiger partial charge in [0.2, 0.25) is 5.91 Å². The minimum atomic E-state index is -0.864. The molecule has 1 aliphatic carbocycles. The Morgan fingerprint density at radius 1 is 1.53 bits per heavy atom. The van der Waals surface area contributed by atoms with Crippen LogP contribution in [0.25, 0.3) is 0 Å². The van der Waals surface area contributed by atoms with Crippen LogP contribution in [0.2, 0.25) is 0 Å². The molecule has 1 amide bonds. The number of rotatable bonds is 4. The SMILES string of the molecule is NC(=NO)C1(C(=O)NCc2cn[nH]c2)CCCCC1. The maximum atomic E-state index is 12.4. The normalized spacial score (nSPS) is 19.1. The predicted molar refractivity (Wildman–Crippen MR) is 69.4 cm³/mol. The van der Waals surface area contributed by atoms with Crippen molar-refractivity contribution < 1.29 is 10.0 Å². The summed E-state index contributed by atoms with van der Waals surface area (Å²) in [6.07, 6.45) is 7.52. The molecule has 1 aromatic heterocycles. The van der Waals surface area contributed by atoms with Crippen LogP contribution in [-0.4, -0.2) is 27.1 Å². The van der Waals surface area contributed by atoms with Gasteiger partial charge in [0.1, 0.15) is 5.41 Å². The Morgan fingerprint density at radius 3 is 2.84 bits per heavy atom. The molecule has 19 heavy (non-hydrogen) atoms. The van der Waals surface area contributed by atoms with E-state index in [1.807, 2.05) is 0 Å². The molecule has 7 nitrogen and oxygen atoms in total. The van der Waals surface area contributed by atoms with Crippen LogP contribution in [-0.2, 0) is 11.3 Å². The molecule has 0 atom stereocenters. The summed E-state index contributed by atoms with van der Waals surface area (Å²) in [5.74, 6) is -0.166. The van der Waals surface area contributed by atoms with Crippen LogP contribution in [0.4, 0.5) is 0 Å². The topological polar surface area (TPSA) is 116 Å². The lowest BCUT2D eigenvalue weighted by Gasteiger charge is -2.34. The van der Waals surface area contributed by atoms with Gasteiger partial charge in [0.25, 0.3) is 0 Å². The third kappa shape index (κ3) is 2.69. The number of nitrogens with two attached hydrogens (primary N) is 1. The molecule has 1 heterocycles. The van der Waals surface area contributed by atoms with E-state index in [0.29, 0.717) is 19.4 Å². The summed E-state index contributed by atoms with van der Waals surface area (Å²) in [5.41, 5.74) is 5.78. The highest BCUT2D eigenvalue weighted by atomic mass is 16.4. The minimum absolute atomic E-state index is 0.0110. The van der Waals surface area contributed by atoms with E-state index >= 15 is 0 Å². The molecule has 5 N–H and O–H groups in total. The molecule has 0 saturated heterocycles. The van der Waals surface area contributed by atoms with Gasteiger partial charge in [-0.05, 0) is 12.8 Å². The Kier molecular flexibility index (Phi) is 4.03. The number of carbonyl (C=O) groups is 1. The first kappa shape index (κ1) is 13.4. The number of amidine groups is 1. The Balaban J connectivity index is 2.07. The van der Waals surface area contributed by atoms with Crippen molar-refractivity contribution in [3.8, 4) is 0 Å². The number of aromatic amines is 1. The first-order valence-corrected chi connectivity index (χ1v) is 6.43. The average Bonchev–Trinajstić information content (AvgIpc) is 2.97. The van der Waals surface area contributed by atoms with Gasteiger partial charge < -0.3 is 16.3 Å². The number of nitrogens with one attached hydrogen (secondary N) is 2. The van der Waals surface area contributed by atoms with Gasteiger partial charge in [-0.1, -0.05) is 24.4 Å². The summed E-state index contributed by atoms with van der Waals surface area (Å²) in [6, 6.07) is 0. The number of aromatic nitrogens is 2. The van der Waals surface area contributed by atoms with Crippen LogP contribution in [0, 0.1) is 5.41 Å². The lowest BCUT2D eigenvalue weighted by Crippen LogP contribution is -2.50. The summed E-state index contributed by atoms with van der Waals surface area (Å²) in [4.78, 5) is 12.4. The second-order valence-corrected chi connectivity index (χ2v) is 4.92. The Labute approximate surface area is 111 Å². The Morgan fingerprint density at radius 2 is 2.26 bits per heavy atom. The molecule has 1 saturated carbocycles. The molecular weight excluding hydrogens is 246 g/mol. The van der Waals surface area contributed by atoms with Gasteiger partial charge in [0.15, 0.2) is 5.84 Å². The maximum absolute atomic E-state index is 12.4. The molecular formula is C12H19N5O2. The molecule has 1 aliphatic rings. The van der Waals surface area contributed by atoms with Gasteiger partial charge in [-0.2, -0.15) is 5.10 Å². The molecule has 0 aromatic carbocycles. The van der Waals surface area contributed by atoms with E-state index in [2.05, 4.69) is 20.7 Å². The van der Waals surface area contributed by atoms with Crippen molar-refractivity contribution in [3.05, 3.63) is 18.0 Å². The first-order chi connectivity index (χ1) is 9.19. The minimum Gasteiger partial charge on any atom is -0.409 e. The molecule has 7 heteroatoms. The van der Waals surface area contributed by atoms with Crippen molar-refractivity contribution in [3.63, 3.8) is 0 Å². The largest absolute Gasteiger partial charge is 0.409 e. The number of hydrogen-bond donors (Lipinski definition) is 4. The van der Waals surface area contributed by atoms with Gasteiger partial charge in [0, 0.05) is 18.3 Å². The molecule has 0 spiro atoms. The summed E-state index contributed by atoms with van der Waals surface area (Å²) in [5, 5.41) is 21.3. The van der Waals surface area contributed by atoms with E-state index in [4.69, 9.17) is 10.9 Å². The second-order valence-electron chi connectivity index (χ2n) is 4.92. The highest BCUT2D eigenvalue weighted by molar-refractivity contribution is 6.06. The molecule has 1 aromatic rings. The lowest BCUT2D eigenvalue weighted by molar-refractivity contribution is -0.129. The summed E-state index contributed by atoms with van der Waals surface area (Å²) >= 11 is 0. The Bertz CT molecular complexity index is 449. The third-order valence-corrected chi connectivity index (χ3v) is 3.75. The molecule has 0 bridgehead atoms. The summed E-state index contributed by atoms with van der Waals surface area (Å²) in [6.45, 7) is 0.385. The number of H-pyrrole nitrogens is 1. The number of amides is 1. The molecule has 1 fully saturated rings. The van der Waals surface area contributed by atoms with Crippen LogP contribution in [0.3, 0.4) is 0 Å². The second kappa shape index (κ2) is 5.73. The smallest absolute Gasteiger partial charge is 0.234 e. The third-order valence-electron chi connectivity index (χ3n) is 3.75. The number of carbonyl (C=O) groups excluding carboxylic acids is 1. The average molecular weight is 265 g/mol. The monoisotopic (exact) mass is 265 g/mol. The highest BCUT2D eigenvalue weighted by Gasteiger charge is 2.43. The highest BCUT2D eigenvalue weighted by Crippen LogP contribution is 2.36. The van der Waals surface area contributed by atoms with Crippen molar-refractivity contribution >= 4 is 11.7 Å². The van der Waals surface area contributed by atoms with E-state index in [0.717, 1.165) is 24.8 Å². The fraction of sp³-hybridized carbons (Fsp3) is 0.583. The van der Waals surface area contributed by atoms with Crippen molar-refractivity contribution in [2.45, 2.75) is 38.6 Å². The zero-order valence-corrected chi connectivity index (χ0v) is 10.7. The molecule has 0 aliphatic heterocycles. The number of hydrogen-bond acceptors (Lipinski definition) is 4. The van der Waals surface area contributed by atoms with Crippen LogP contribution in [0.5, 0.6) is 0 Å². The first-order valence-electron chi connectivity index (χ1n) is 6.43. The van der Waals surface area contributed by atoms with Crippen molar-refractivity contribution in [2.24, 2.45) is 16.3 Å². The van der Waals surface area contributed by atoms with Crippen molar-refractivity contribution in [2.75, 3.05) is 0 Å². The standard InChI is InChI=1S/C12H19N5O2/c13-10(17-19)12(4-2-1-3-5-12)11(18)14-6-9-7-15-16-8-9/h7-8,19H,1-6H2,(H2,13,17)(H,14,18)(H,15,16).